The Morgan fingerprint density at radius 3 is 3.00 bits per heavy atom. The summed E-state index contributed by atoms with van der Waals surface area (Å²) in [6.07, 6.45) is 7.81. The topological polar surface area (TPSA) is 43.6 Å². The Morgan fingerprint density at radius 1 is 1.42 bits per heavy atom. The van der Waals surface area contributed by atoms with E-state index >= 15 is 0 Å². The molecule has 0 aromatic carbocycles. The minimum Gasteiger partial charge on any atom is -0.262 e. The standard InChI is InChI=1S/C8H7N4/c1-7-4-8(6-9-5-7)12-3-2-10-11-12/h3-6H,1H3. The number of hydrogen-bond donors (Lipinski definition) is 0. The SMILES string of the molecule is Cc1cncc(-n2c[c]nn2)c1. The molecule has 2 rings (SSSR count). The van der Waals surface area contributed by atoms with Crippen LogP contribution in [0.3, 0.4) is 0 Å². The maximum absolute atomic E-state index is 4.04. The van der Waals surface area contributed by atoms with Crippen molar-refractivity contribution in [3.8, 4) is 5.69 Å². The molecular formula is C8H7N4. The molecule has 4 heteroatoms. The first-order valence-corrected chi connectivity index (χ1v) is 3.57. The van der Waals surface area contributed by atoms with Gasteiger partial charge in [0, 0.05) is 6.20 Å². The number of rotatable bonds is 1. The number of aromatic nitrogens is 4. The highest BCUT2D eigenvalue weighted by atomic mass is 15.4. The van der Waals surface area contributed by atoms with E-state index < -0.39 is 0 Å². The Hall–Kier alpha value is -1.71. The van der Waals surface area contributed by atoms with Crippen molar-refractivity contribution in [2.75, 3.05) is 0 Å². The molecule has 0 aliphatic rings. The second kappa shape index (κ2) is 2.73. The van der Waals surface area contributed by atoms with Crippen LogP contribution in [0.15, 0.2) is 24.7 Å². The van der Waals surface area contributed by atoms with Crippen LogP contribution in [0.4, 0.5) is 0 Å². The molecule has 0 spiro atoms. The van der Waals surface area contributed by atoms with Crippen LogP contribution < -0.4 is 0 Å². The minimum absolute atomic E-state index is 0.906. The van der Waals surface area contributed by atoms with E-state index in [9.17, 15) is 0 Å². The van der Waals surface area contributed by atoms with E-state index in [0.717, 1.165) is 11.3 Å². The van der Waals surface area contributed by atoms with Gasteiger partial charge in [0.1, 0.15) is 6.20 Å². The quantitative estimate of drug-likeness (QED) is 0.617. The van der Waals surface area contributed by atoms with Gasteiger partial charge in [0.15, 0.2) is 0 Å². The van der Waals surface area contributed by atoms with Gasteiger partial charge in [-0.3, -0.25) is 4.98 Å². The first-order valence-electron chi connectivity index (χ1n) is 3.57. The van der Waals surface area contributed by atoms with Gasteiger partial charge in [-0.25, -0.2) is 4.68 Å². The van der Waals surface area contributed by atoms with Crippen molar-refractivity contribution in [3.63, 3.8) is 0 Å². The van der Waals surface area contributed by atoms with Gasteiger partial charge in [0.2, 0.25) is 0 Å². The van der Waals surface area contributed by atoms with Crippen molar-refractivity contribution >= 4 is 0 Å². The molecule has 1 radical (unpaired) electrons. The molecule has 4 nitrogen and oxygen atoms in total. The van der Waals surface area contributed by atoms with Crippen molar-refractivity contribution in [2.45, 2.75) is 6.92 Å². The van der Waals surface area contributed by atoms with Gasteiger partial charge in [0.05, 0.1) is 18.1 Å². The number of pyridine rings is 1. The Bertz CT molecular complexity index is 366. The normalized spacial score (nSPS) is 10.1. The second-order valence-corrected chi connectivity index (χ2v) is 2.51. The zero-order valence-electron chi connectivity index (χ0n) is 6.60. The van der Waals surface area contributed by atoms with E-state index in [1.165, 1.54) is 0 Å². The molecule has 0 bridgehead atoms. The Morgan fingerprint density at radius 2 is 2.33 bits per heavy atom. The Balaban J connectivity index is 2.48. The summed E-state index contributed by atoms with van der Waals surface area (Å²) in [6.45, 7) is 1.98. The smallest absolute Gasteiger partial charge is 0.135 e. The van der Waals surface area contributed by atoms with Crippen molar-refractivity contribution in [1.29, 1.82) is 0 Å². The van der Waals surface area contributed by atoms with Crippen LogP contribution in [0.1, 0.15) is 5.56 Å². The van der Waals surface area contributed by atoms with Gasteiger partial charge < -0.3 is 0 Å². The number of aryl methyl sites for hydroxylation is 1. The second-order valence-electron chi connectivity index (χ2n) is 2.51. The zero-order chi connectivity index (χ0) is 8.39. The first-order chi connectivity index (χ1) is 5.86. The fourth-order valence-corrected chi connectivity index (χ4v) is 0.971. The van der Waals surface area contributed by atoms with Crippen molar-refractivity contribution in [1.82, 2.24) is 20.0 Å². The molecule has 59 valence electrons. The average Bonchev–Trinajstić information content (AvgIpc) is 2.56. The van der Waals surface area contributed by atoms with Gasteiger partial charge in [0.25, 0.3) is 0 Å². The van der Waals surface area contributed by atoms with Crippen molar-refractivity contribution in [2.24, 2.45) is 0 Å². The molecule has 0 amide bonds. The third kappa shape index (κ3) is 1.18. The van der Waals surface area contributed by atoms with E-state index in [1.54, 1.807) is 23.3 Å². The number of hydrogen-bond acceptors (Lipinski definition) is 3. The number of nitrogens with zero attached hydrogens (tertiary/aromatic N) is 4. The largest absolute Gasteiger partial charge is 0.262 e. The van der Waals surface area contributed by atoms with Crippen LogP contribution in [-0.2, 0) is 0 Å². The highest BCUT2D eigenvalue weighted by Gasteiger charge is 1.96. The lowest BCUT2D eigenvalue weighted by Gasteiger charge is -1.98. The third-order valence-electron chi connectivity index (χ3n) is 1.50. The molecule has 0 aliphatic heterocycles. The molecule has 0 fully saturated rings. The molecule has 0 atom stereocenters. The average molecular weight is 159 g/mol. The summed E-state index contributed by atoms with van der Waals surface area (Å²) in [5.41, 5.74) is 2.01. The highest BCUT2D eigenvalue weighted by Crippen LogP contribution is 2.04. The molecule has 2 aromatic heterocycles. The highest BCUT2D eigenvalue weighted by molar-refractivity contribution is 5.29. The summed E-state index contributed by atoms with van der Waals surface area (Å²) in [5.74, 6) is 0. The Kier molecular flexibility index (Phi) is 1.59. The van der Waals surface area contributed by atoms with Crippen molar-refractivity contribution < 1.29 is 0 Å². The van der Waals surface area contributed by atoms with E-state index in [4.69, 9.17) is 0 Å². The van der Waals surface area contributed by atoms with Crippen LogP contribution in [0.25, 0.3) is 5.69 Å². The summed E-state index contributed by atoms with van der Waals surface area (Å²) in [6, 6.07) is 1.98. The summed E-state index contributed by atoms with van der Waals surface area (Å²) >= 11 is 0. The monoisotopic (exact) mass is 159 g/mol. The lowest BCUT2D eigenvalue weighted by atomic mass is 10.3. The van der Waals surface area contributed by atoms with Gasteiger partial charge in [-0.1, -0.05) is 5.21 Å². The van der Waals surface area contributed by atoms with E-state index in [-0.39, 0.29) is 0 Å². The molecule has 0 saturated heterocycles. The molecule has 2 heterocycles. The summed E-state index contributed by atoms with van der Waals surface area (Å²) in [7, 11) is 0. The fraction of sp³-hybridized carbons (Fsp3) is 0.125. The van der Waals surface area contributed by atoms with Crippen molar-refractivity contribution in [3.05, 3.63) is 36.4 Å². The van der Waals surface area contributed by atoms with E-state index in [1.807, 2.05) is 13.0 Å². The van der Waals surface area contributed by atoms with Gasteiger partial charge >= 0.3 is 0 Å². The molecule has 0 N–H and O–H groups in total. The maximum atomic E-state index is 4.04. The summed E-state index contributed by atoms with van der Waals surface area (Å²) in [5, 5.41) is 7.39. The lowest BCUT2D eigenvalue weighted by molar-refractivity contribution is 0.798. The van der Waals surface area contributed by atoms with Crippen LogP contribution in [0, 0.1) is 13.1 Å². The lowest BCUT2D eigenvalue weighted by Crippen LogP contribution is -1.95. The van der Waals surface area contributed by atoms with Crippen LogP contribution in [0.2, 0.25) is 0 Å². The third-order valence-corrected chi connectivity index (χ3v) is 1.50. The zero-order valence-corrected chi connectivity index (χ0v) is 6.60. The van der Waals surface area contributed by atoms with E-state index in [0.29, 0.717) is 0 Å². The van der Waals surface area contributed by atoms with Crippen LogP contribution >= 0.6 is 0 Å². The van der Waals surface area contributed by atoms with Crippen LogP contribution in [0.5, 0.6) is 0 Å². The summed E-state index contributed by atoms with van der Waals surface area (Å²) in [4.78, 5) is 4.04. The molecule has 2 aromatic rings. The van der Waals surface area contributed by atoms with Gasteiger partial charge in [-0.2, -0.15) is 0 Å². The fourth-order valence-electron chi connectivity index (χ4n) is 0.971. The molecule has 12 heavy (non-hydrogen) atoms. The predicted octanol–water partition coefficient (Wildman–Crippen LogP) is 0.771. The maximum Gasteiger partial charge on any atom is 0.135 e. The first kappa shape index (κ1) is 6.97. The van der Waals surface area contributed by atoms with Gasteiger partial charge in [-0.15, -0.1) is 5.10 Å². The molecule has 0 aliphatic carbocycles. The predicted molar refractivity (Wildman–Crippen MR) is 42.7 cm³/mol. The van der Waals surface area contributed by atoms with E-state index in [2.05, 4.69) is 21.5 Å². The Labute approximate surface area is 69.9 Å². The summed E-state index contributed by atoms with van der Waals surface area (Å²) < 4.78 is 1.62. The van der Waals surface area contributed by atoms with Crippen LogP contribution in [-0.4, -0.2) is 20.0 Å². The minimum atomic E-state index is 0.906. The van der Waals surface area contributed by atoms with Gasteiger partial charge in [-0.05, 0) is 18.6 Å². The molecule has 0 saturated carbocycles. The molecular weight excluding hydrogens is 152 g/mol. The molecule has 0 unspecified atom stereocenters.